The van der Waals surface area contributed by atoms with E-state index in [1.165, 1.54) is 38.5 Å². The molecule has 1 aliphatic heterocycles. The summed E-state index contributed by atoms with van der Waals surface area (Å²) in [6, 6.07) is 0. The Bertz CT molecular complexity index is 126. The first kappa shape index (κ1) is 10.0. The van der Waals surface area contributed by atoms with Gasteiger partial charge < -0.3 is 0 Å². The van der Waals surface area contributed by atoms with Crippen LogP contribution in [0, 0.1) is 0 Å². The molecule has 0 aromatic heterocycles. The summed E-state index contributed by atoms with van der Waals surface area (Å²) in [4.78, 5) is 0. The average molecular weight is 170 g/mol. The van der Waals surface area contributed by atoms with Crippen LogP contribution in [0.5, 0.6) is 0 Å². The van der Waals surface area contributed by atoms with Crippen LogP contribution in [0.4, 0.5) is 0 Å². The zero-order valence-electron chi connectivity index (χ0n) is 8.69. The molecule has 2 heteroatoms. The molecule has 1 fully saturated rings. The van der Waals surface area contributed by atoms with E-state index in [-0.39, 0.29) is 0 Å². The smallest absolute Gasteiger partial charge is 0.0970 e. The van der Waals surface area contributed by atoms with E-state index in [0.29, 0.717) is 5.66 Å². The van der Waals surface area contributed by atoms with Crippen molar-refractivity contribution in [2.45, 2.75) is 58.0 Å². The minimum Gasteiger partial charge on any atom is -0.232 e. The fraction of sp³-hybridized carbons (Fsp3) is 1.00. The minimum absolute atomic E-state index is 0.395. The zero-order chi connectivity index (χ0) is 9.03. The Balaban J connectivity index is 2.22. The fourth-order valence-corrected chi connectivity index (χ4v) is 1.80. The second-order valence-corrected chi connectivity index (χ2v) is 3.91. The highest BCUT2D eigenvalue weighted by Gasteiger charge is 2.46. The van der Waals surface area contributed by atoms with E-state index in [1.807, 2.05) is 0 Å². The van der Waals surface area contributed by atoms with Crippen molar-refractivity contribution in [1.82, 2.24) is 10.4 Å². The van der Waals surface area contributed by atoms with Crippen molar-refractivity contribution < 1.29 is 0 Å². The van der Waals surface area contributed by atoms with E-state index in [2.05, 4.69) is 31.3 Å². The molecule has 1 rings (SSSR count). The molecule has 12 heavy (non-hydrogen) atoms. The zero-order valence-corrected chi connectivity index (χ0v) is 8.69. The average Bonchev–Trinajstić information content (AvgIpc) is 2.71. The predicted molar refractivity (Wildman–Crippen MR) is 52.7 cm³/mol. The van der Waals surface area contributed by atoms with Gasteiger partial charge in [0.2, 0.25) is 0 Å². The lowest BCUT2D eigenvalue weighted by Gasteiger charge is -2.11. The first-order chi connectivity index (χ1) is 5.75. The van der Waals surface area contributed by atoms with E-state index in [9.17, 15) is 0 Å². The SMILES string of the molecule is CCCCC1(CCCC)NN1C. The summed E-state index contributed by atoms with van der Waals surface area (Å²) in [5, 5.41) is 2.28. The molecule has 2 nitrogen and oxygen atoms in total. The van der Waals surface area contributed by atoms with Crippen LogP contribution in [0.3, 0.4) is 0 Å². The summed E-state index contributed by atoms with van der Waals surface area (Å²) in [6.07, 6.45) is 7.95. The van der Waals surface area contributed by atoms with Crippen LogP contribution in [0.15, 0.2) is 0 Å². The maximum Gasteiger partial charge on any atom is 0.0970 e. The van der Waals surface area contributed by atoms with Gasteiger partial charge >= 0.3 is 0 Å². The van der Waals surface area contributed by atoms with Gasteiger partial charge in [-0.05, 0) is 12.8 Å². The molecule has 0 spiro atoms. The van der Waals surface area contributed by atoms with E-state index >= 15 is 0 Å². The summed E-state index contributed by atoms with van der Waals surface area (Å²) in [7, 11) is 2.16. The summed E-state index contributed by atoms with van der Waals surface area (Å²) in [5.41, 5.74) is 3.84. The third kappa shape index (κ3) is 2.20. The third-order valence-electron chi connectivity index (χ3n) is 2.86. The molecule has 1 saturated heterocycles. The van der Waals surface area contributed by atoms with Crippen LogP contribution in [-0.2, 0) is 0 Å². The second kappa shape index (κ2) is 4.24. The van der Waals surface area contributed by atoms with Gasteiger partial charge in [-0.3, -0.25) is 0 Å². The lowest BCUT2D eigenvalue weighted by Crippen LogP contribution is -2.17. The normalized spacial score (nSPS) is 25.8. The lowest BCUT2D eigenvalue weighted by molar-refractivity contribution is 0.387. The molecule has 0 saturated carbocycles. The summed E-state index contributed by atoms with van der Waals surface area (Å²) in [6.45, 7) is 4.52. The Labute approximate surface area is 76.3 Å². The molecule has 0 radical (unpaired) electrons. The summed E-state index contributed by atoms with van der Waals surface area (Å²) >= 11 is 0. The van der Waals surface area contributed by atoms with Crippen LogP contribution in [0.1, 0.15) is 52.4 Å². The van der Waals surface area contributed by atoms with Gasteiger partial charge in [-0.2, -0.15) is 0 Å². The van der Waals surface area contributed by atoms with Crippen molar-refractivity contribution in [3.8, 4) is 0 Å². The van der Waals surface area contributed by atoms with E-state index in [0.717, 1.165) is 0 Å². The maximum atomic E-state index is 3.45. The molecular formula is C10H22N2. The standard InChI is InChI=1S/C10H22N2/c1-4-6-8-10(9-7-5-2)11-12(10)3/h11H,4-9H2,1-3H3. The highest BCUT2D eigenvalue weighted by atomic mass is 15.8. The van der Waals surface area contributed by atoms with Crippen molar-refractivity contribution in [2.24, 2.45) is 0 Å². The summed E-state index contributed by atoms with van der Waals surface area (Å²) in [5.74, 6) is 0. The molecule has 1 unspecified atom stereocenters. The minimum atomic E-state index is 0.395. The second-order valence-electron chi connectivity index (χ2n) is 3.91. The molecule has 0 bridgehead atoms. The first-order valence-corrected chi connectivity index (χ1v) is 5.27. The Hall–Kier alpha value is -0.0800. The van der Waals surface area contributed by atoms with Crippen LogP contribution in [-0.4, -0.2) is 17.7 Å². The van der Waals surface area contributed by atoms with Gasteiger partial charge in [-0.15, -0.1) is 0 Å². The van der Waals surface area contributed by atoms with Crippen molar-refractivity contribution >= 4 is 0 Å². The number of nitrogens with zero attached hydrogens (tertiary/aromatic N) is 1. The van der Waals surface area contributed by atoms with E-state index in [1.54, 1.807) is 0 Å². The Morgan fingerprint density at radius 2 is 1.50 bits per heavy atom. The van der Waals surface area contributed by atoms with Crippen molar-refractivity contribution in [2.75, 3.05) is 7.05 Å². The first-order valence-electron chi connectivity index (χ1n) is 5.27. The Morgan fingerprint density at radius 1 is 1.08 bits per heavy atom. The van der Waals surface area contributed by atoms with Gasteiger partial charge in [0.05, 0.1) is 5.66 Å². The van der Waals surface area contributed by atoms with Gasteiger partial charge in [0.15, 0.2) is 0 Å². The van der Waals surface area contributed by atoms with Crippen molar-refractivity contribution in [1.29, 1.82) is 0 Å². The number of hydrogen-bond donors (Lipinski definition) is 1. The van der Waals surface area contributed by atoms with Gasteiger partial charge in [0.1, 0.15) is 0 Å². The quantitative estimate of drug-likeness (QED) is 0.620. The molecule has 0 aromatic carbocycles. The number of unbranched alkanes of at least 4 members (excludes halogenated alkanes) is 2. The van der Waals surface area contributed by atoms with Gasteiger partial charge in [-0.25, -0.2) is 10.4 Å². The Morgan fingerprint density at radius 3 is 1.75 bits per heavy atom. The molecule has 1 atom stereocenters. The van der Waals surface area contributed by atoms with Crippen LogP contribution >= 0.6 is 0 Å². The molecule has 1 aliphatic rings. The highest BCUT2D eigenvalue weighted by molar-refractivity contribution is 4.95. The number of hydrogen-bond acceptors (Lipinski definition) is 2. The number of nitrogens with one attached hydrogen (secondary N) is 1. The molecule has 0 aliphatic carbocycles. The largest absolute Gasteiger partial charge is 0.232 e. The van der Waals surface area contributed by atoms with Crippen molar-refractivity contribution in [3.05, 3.63) is 0 Å². The molecule has 1 N–H and O–H groups in total. The van der Waals surface area contributed by atoms with Gasteiger partial charge in [-0.1, -0.05) is 39.5 Å². The number of rotatable bonds is 6. The molecule has 0 amide bonds. The monoisotopic (exact) mass is 170 g/mol. The molecule has 0 aromatic rings. The lowest BCUT2D eigenvalue weighted by atomic mass is 10.0. The summed E-state index contributed by atoms with van der Waals surface area (Å²) < 4.78 is 0. The van der Waals surface area contributed by atoms with Gasteiger partial charge in [0.25, 0.3) is 0 Å². The number of hydrazine groups is 1. The fourth-order valence-electron chi connectivity index (χ4n) is 1.80. The molecule has 1 heterocycles. The molecule has 72 valence electrons. The maximum absolute atomic E-state index is 3.45. The van der Waals surface area contributed by atoms with Crippen LogP contribution in [0.2, 0.25) is 0 Å². The van der Waals surface area contributed by atoms with Crippen LogP contribution < -0.4 is 5.43 Å². The van der Waals surface area contributed by atoms with E-state index in [4.69, 9.17) is 0 Å². The molecular weight excluding hydrogens is 148 g/mol. The topological polar surface area (TPSA) is 25.0 Å². The van der Waals surface area contributed by atoms with Crippen molar-refractivity contribution in [3.63, 3.8) is 0 Å². The Kier molecular flexibility index (Phi) is 3.53. The highest BCUT2D eigenvalue weighted by Crippen LogP contribution is 2.33. The van der Waals surface area contributed by atoms with Gasteiger partial charge in [0, 0.05) is 7.05 Å². The van der Waals surface area contributed by atoms with Crippen LogP contribution in [0.25, 0.3) is 0 Å². The third-order valence-corrected chi connectivity index (χ3v) is 2.86. The van der Waals surface area contributed by atoms with E-state index < -0.39 is 0 Å². The predicted octanol–water partition coefficient (Wildman–Crippen LogP) is 2.51.